The van der Waals surface area contributed by atoms with Crippen molar-refractivity contribution in [1.82, 2.24) is 5.32 Å². The van der Waals surface area contributed by atoms with Crippen molar-refractivity contribution in [2.45, 2.75) is 0 Å². The Morgan fingerprint density at radius 3 is 2.83 bits per heavy atom. The molecule has 1 aliphatic heterocycles. The molecule has 0 radical (unpaired) electrons. The minimum absolute atomic E-state index is 0.0910. The van der Waals surface area contributed by atoms with E-state index in [1.165, 1.54) is 0 Å². The molecule has 0 aromatic carbocycles. The van der Waals surface area contributed by atoms with Crippen LogP contribution in [0.2, 0.25) is 0 Å². The Morgan fingerprint density at radius 1 is 1.83 bits per heavy atom. The zero-order valence-electron chi connectivity index (χ0n) is 3.48. The molecule has 0 saturated carbocycles. The topological polar surface area (TPSA) is 38.0 Å². The lowest BCUT2D eigenvalue weighted by molar-refractivity contribution is 1.03. The maximum atomic E-state index is 5.44. The number of hydrogen-bond donors (Lipinski definition) is 2. The van der Waals surface area contributed by atoms with Gasteiger partial charge in [-0.1, -0.05) is 0 Å². The highest BCUT2D eigenvalue weighted by molar-refractivity contribution is 8.13. The van der Waals surface area contributed by atoms with Crippen molar-refractivity contribution in [3.05, 3.63) is 0 Å². The molecule has 0 saturated heterocycles. The number of hydrogen-bond acceptors (Lipinski definition) is 2. The van der Waals surface area contributed by atoms with Crippen LogP contribution in [0.4, 0.5) is 0 Å². The molecule has 6 heavy (non-hydrogen) atoms. The first-order valence-electron chi connectivity index (χ1n) is 1.90. The fourth-order valence-corrected chi connectivity index (χ4v) is 1.20. The summed E-state index contributed by atoms with van der Waals surface area (Å²) in [7, 11) is 0.0910. The maximum absolute atomic E-state index is 5.44. The molecular formula is C3H8N2S. The molecule has 1 atom stereocenters. The first-order valence-corrected chi connectivity index (χ1v) is 3.42. The third-order valence-corrected chi connectivity index (χ3v) is 1.86. The molecule has 36 valence electrons. The van der Waals surface area contributed by atoms with Crippen LogP contribution in [0, 0.1) is 0 Å². The fraction of sp³-hybridized carbons (Fsp3) is 0.667. The quantitative estimate of drug-likeness (QED) is 0.406. The highest BCUT2D eigenvalue weighted by Gasteiger charge is 1.92. The van der Waals surface area contributed by atoms with Crippen molar-refractivity contribution >= 4 is 16.2 Å². The van der Waals surface area contributed by atoms with Crippen molar-refractivity contribution in [1.29, 1.82) is 0 Å². The Balaban J connectivity index is 2.45. The number of nitrogens with two attached hydrogens (primary N) is 1. The van der Waals surface area contributed by atoms with E-state index < -0.39 is 0 Å². The zero-order chi connectivity index (χ0) is 4.41. The van der Waals surface area contributed by atoms with Crippen LogP contribution >= 0.6 is 10.7 Å². The average molecular weight is 104 g/mol. The van der Waals surface area contributed by atoms with Crippen molar-refractivity contribution in [3.8, 4) is 0 Å². The minimum atomic E-state index is 0.0910. The van der Waals surface area contributed by atoms with Crippen LogP contribution in [0.3, 0.4) is 0 Å². The summed E-state index contributed by atoms with van der Waals surface area (Å²) in [5.41, 5.74) is 1.96. The van der Waals surface area contributed by atoms with E-state index in [9.17, 15) is 0 Å². The molecule has 3 N–H and O–H groups in total. The summed E-state index contributed by atoms with van der Waals surface area (Å²) < 4.78 is 0. The highest BCUT2D eigenvalue weighted by atomic mass is 32.2. The summed E-state index contributed by atoms with van der Waals surface area (Å²) in [4.78, 5) is 0. The van der Waals surface area contributed by atoms with Crippen molar-refractivity contribution in [2.75, 3.05) is 12.3 Å². The lowest BCUT2D eigenvalue weighted by Crippen LogP contribution is -2.05. The standard InChI is InChI=1S/C3H8N2S/c4-6-2-1-5-3-6/h3,5H,1-2,4H2. The van der Waals surface area contributed by atoms with E-state index in [-0.39, 0.29) is 10.7 Å². The van der Waals surface area contributed by atoms with Crippen LogP contribution in [0.25, 0.3) is 0 Å². The predicted octanol–water partition coefficient (Wildman–Crippen LogP) is -0.508. The molecule has 0 aliphatic carbocycles. The van der Waals surface area contributed by atoms with Gasteiger partial charge in [0.2, 0.25) is 0 Å². The third-order valence-electron chi connectivity index (χ3n) is 0.717. The Bertz CT molecular complexity index is 78.9. The van der Waals surface area contributed by atoms with Gasteiger partial charge in [-0.05, 0) is 0 Å². The monoisotopic (exact) mass is 104 g/mol. The molecule has 1 rings (SSSR count). The van der Waals surface area contributed by atoms with Gasteiger partial charge in [-0.3, -0.25) is 10.5 Å². The van der Waals surface area contributed by atoms with Crippen molar-refractivity contribution in [2.24, 2.45) is 5.14 Å². The molecule has 0 fully saturated rings. The summed E-state index contributed by atoms with van der Waals surface area (Å²) in [5, 5.41) is 8.48. The molecule has 0 aromatic rings. The van der Waals surface area contributed by atoms with E-state index >= 15 is 0 Å². The number of rotatable bonds is 0. The first-order chi connectivity index (χ1) is 2.89. The van der Waals surface area contributed by atoms with E-state index in [0.717, 1.165) is 12.3 Å². The van der Waals surface area contributed by atoms with E-state index in [2.05, 4.69) is 5.32 Å². The first kappa shape index (κ1) is 4.30. The third kappa shape index (κ3) is 0.801. The molecular weight excluding hydrogens is 96.1 g/mol. The fourth-order valence-electron chi connectivity index (χ4n) is 0.402. The van der Waals surface area contributed by atoms with Gasteiger partial charge in [0.25, 0.3) is 0 Å². The molecule has 2 nitrogen and oxygen atoms in total. The van der Waals surface area contributed by atoms with Gasteiger partial charge in [0.15, 0.2) is 0 Å². The van der Waals surface area contributed by atoms with Gasteiger partial charge >= 0.3 is 0 Å². The smallest absolute Gasteiger partial charge is 0.0152 e. The normalized spacial score (nSPS) is 33.2. The van der Waals surface area contributed by atoms with Gasteiger partial charge in [-0.2, -0.15) is 0 Å². The average Bonchev–Trinajstić information content (AvgIpc) is 1.86. The lowest BCUT2D eigenvalue weighted by atomic mass is 10.8. The second-order valence-corrected chi connectivity index (χ2v) is 2.83. The van der Waals surface area contributed by atoms with Crippen LogP contribution < -0.4 is 10.5 Å². The van der Waals surface area contributed by atoms with Crippen LogP contribution in [0.15, 0.2) is 0 Å². The van der Waals surface area contributed by atoms with Crippen molar-refractivity contribution in [3.63, 3.8) is 0 Å². The Kier molecular flexibility index (Phi) is 1.24. The molecule has 1 aliphatic rings. The zero-order valence-corrected chi connectivity index (χ0v) is 4.29. The largest absolute Gasteiger partial charge is 0.288 e. The lowest BCUT2D eigenvalue weighted by Gasteiger charge is -1.82. The molecule has 0 aromatic heterocycles. The summed E-state index contributed by atoms with van der Waals surface area (Å²) in [6, 6.07) is 0. The van der Waals surface area contributed by atoms with E-state index in [0.29, 0.717) is 0 Å². The second-order valence-electron chi connectivity index (χ2n) is 1.25. The summed E-state index contributed by atoms with van der Waals surface area (Å²) in [5.74, 6) is 1.12. The van der Waals surface area contributed by atoms with Crippen LogP contribution in [-0.4, -0.2) is 17.8 Å². The number of nitrogens with one attached hydrogen (secondary N) is 1. The van der Waals surface area contributed by atoms with Gasteiger partial charge in [0.1, 0.15) is 0 Å². The summed E-state index contributed by atoms with van der Waals surface area (Å²) in [6.45, 7) is 1.07. The molecule has 1 unspecified atom stereocenters. The van der Waals surface area contributed by atoms with Crippen LogP contribution in [-0.2, 0) is 0 Å². The Labute approximate surface area is 39.8 Å². The van der Waals surface area contributed by atoms with Gasteiger partial charge in [-0.15, -0.1) is 10.7 Å². The minimum Gasteiger partial charge on any atom is -0.288 e. The maximum Gasteiger partial charge on any atom is 0.0152 e. The van der Waals surface area contributed by atoms with Gasteiger partial charge in [0, 0.05) is 17.8 Å². The van der Waals surface area contributed by atoms with Gasteiger partial charge in [-0.25, -0.2) is 0 Å². The van der Waals surface area contributed by atoms with Crippen LogP contribution in [0.1, 0.15) is 0 Å². The predicted molar refractivity (Wildman–Crippen MR) is 30.7 cm³/mol. The van der Waals surface area contributed by atoms with E-state index in [1.54, 1.807) is 0 Å². The van der Waals surface area contributed by atoms with E-state index in [4.69, 9.17) is 5.14 Å². The second kappa shape index (κ2) is 1.73. The van der Waals surface area contributed by atoms with Gasteiger partial charge < -0.3 is 0 Å². The van der Waals surface area contributed by atoms with Gasteiger partial charge in [0.05, 0.1) is 0 Å². The Morgan fingerprint density at radius 2 is 2.67 bits per heavy atom. The molecule has 0 amide bonds. The molecule has 3 heteroatoms. The van der Waals surface area contributed by atoms with E-state index in [1.807, 2.05) is 5.49 Å². The van der Waals surface area contributed by atoms with Crippen molar-refractivity contribution < 1.29 is 0 Å². The summed E-state index contributed by atoms with van der Waals surface area (Å²) in [6.07, 6.45) is 0. The summed E-state index contributed by atoms with van der Waals surface area (Å²) >= 11 is 0. The Hall–Kier alpha value is 0.140. The molecule has 0 spiro atoms. The highest BCUT2D eigenvalue weighted by Crippen LogP contribution is 1.98. The molecule has 1 heterocycles. The van der Waals surface area contributed by atoms with Crippen LogP contribution in [0.5, 0.6) is 0 Å². The SMILES string of the molecule is NS1=CNCC1. The molecule has 0 bridgehead atoms.